The van der Waals surface area contributed by atoms with Crippen molar-refractivity contribution in [2.75, 3.05) is 11.1 Å². The molecule has 0 saturated heterocycles. The van der Waals surface area contributed by atoms with Crippen molar-refractivity contribution in [2.45, 2.75) is 26.8 Å². The van der Waals surface area contributed by atoms with Gasteiger partial charge in [-0.1, -0.05) is 17.7 Å². The summed E-state index contributed by atoms with van der Waals surface area (Å²) in [5, 5.41) is 7.57. The van der Waals surface area contributed by atoms with Crippen LogP contribution in [0.25, 0.3) is 0 Å². The first-order valence-corrected chi connectivity index (χ1v) is 6.69. The number of nitrogen functional groups attached to an aromatic ring is 1. The normalized spacial score (nSPS) is 10.6. The van der Waals surface area contributed by atoms with Gasteiger partial charge in [0.2, 0.25) is 5.91 Å². The lowest BCUT2D eigenvalue weighted by molar-refractivity contribution is -0.116. The van der Waals surface area contributed by atoms with E-state index in [-0.39, 0.29) is 5.91 Å². The molecule has 1 aromatic carbocycles. The number of carbonyl (C=O) groups excluding carboxylic acids is 1. The molecule has 0 unspecified atom stereocenters. The lowest BCUT2D eigenvalue weighted by Crippen LogP contribution is -2.16. The third-order valence-electron chi connectivity index (χ3n) is 3.13. The number of aromatic nitrogens is 2. The van der Waals surface area contributed by atoms with Gasteiger partial charge in [0.15, 0.2) is 0 Å². The fraction of sp³-hybridized carbons (Fsp3) is 0.286. The van der Waals surface area contributed by atoms with Gasteiger partial charge in [-0.05, 0) is 31.5 Å². The first-order chi connectivity index (χ1) is 9.47. The fourth-order valence-electron chi connectivity index (χ4n) is 1.84. The summed E-state index contributed by atoms with van der Waals surface area (Å²) in [6.07, 6.45) is 1.91. The van der Waals surface area contributed by atoms with Crippen LogP contribution >= 0.6 is 11.6 Å². The van der Waals surface area contributed by atoms with E-state index in [1.807, 2.05) is 19.9 Å². The van der Waals surface area contributed by atoms with E-state index < -0.39 is 0 Å². The third-order valence-corrected chi connectivity index (χ3v) is 3.50. The highest BCUT2D eigenvalue weighted by molar-refractivity contribution is 6.31. The van der Waals surface area contributed by atoms with Crippen molar-refractivity contribution in [3.8, 4) is 0 Å². The first kappa shape index (κ1) is 14.4. The Morgan fingerprint density at radius 2 is 2.20 bits per heavy atom. The number of benzene rings is 1. The number of carbonyl (C=O) groups is 1. The van der Waals surface area contributed by atoms with Crippen LogP contribution in [0.15, 0.2) is 24.4 Å². The number of nitrogens with one attached hydrogen (secondary N) is 1. The van der Waals surface area contributed by atoms with Gasteiger partial charge < -0.3 is 11.1 Å². The third kappa shape index (κ3) is 3.30. The molecule has 2 rings (SSSR count). The Labute approximate surface area is 122 Å². The van der Waals surface area contributed by atoms with E-state index >= 15 is 0 Å². The zero-order chi connectivity index (χ0) is 14.7. The van der Waals surface area contributed by atoms with E-state index in [1.54, 1.807) is 23.0 Å². The van der Waals surface area contributed by atoms with Crippen molar-refractivity contribution in [2.24, 2.45) is 0 Å². The molecule has 3 N–H and O–H groups in total. The Morgan fingerprint density at radius 1 is 1.45 bits per heavy atom. The van der Waals surface area contributed by atoms with Crippen LogP contribution in [-0.2, 0) is 11.3 Å². The minimum atomic E-state index is -0.0790. The van der Waals surface area contributed by atoms with Crippen molar-refractivity contribution in [3.63, 3.8) is 0 Å². The largest absolute Gasteiger partial charge is 0.399 e. The van der Waals surface area contributed by atoms with Gasteiger partial charge in [-0.15, -0.1) is 0 Å². The maximum atomic E-state index is 11.9. The van der Waals surface area contributed by atoms with Gasteiger partial charge in [-0.2, -0.15) is 5.10 Å². The molecule has 20 heavy (non-hydrogen) atoms. The van der Waals surface area contributed by atoms with Gasteiger partial charge >= 0.3 is 0 Å². The van der Waals surface area contributed by atoms with E-state index in [2.05, 4.69) is 10.4 Å². The minimum absolute atomic E-state index is 0.0790. The summed E-state index contributed by atoms with van der Waals surface area (Å²) in [6, 6.07) is 5.44. The zero-order valence-electron chi connectivity index (χ0n) is 11.5. The number of nitrogens with two attached hydrogens (primary N) is 1. The number of hydrogen-bond acceptors (Lipinski definition) is 3. The van der Waals surface area contributed by atoms with Crippen molar-refractivity contribution < 1.29 is 4.79 Å². The highest BCUT2D eigenvalue weighted by Crippen LogP contribution is 2.18. The summed E-state index contributed by atoms with van der Waals surface area (Å²) < 4.78 is 1.72. The number of rotatable bonds is 4. The maximum Gasteiger partial charge on any atom is 0.226 e. The van der Waals surface area contributed by atoms with Gasteiger partial charge in [0.25, 0.3) is 0 Å². The molecule has 106 valence electrons. The predicted octanol–water partition coefficient (Wildman–Crippen LogP) is 2.76. The number of aryl methyl sites for hydroxylation is 2. The molecule has 0 aliphatic heterocycles. The average molecular weight is 293 g/mol. The molecule has 0 fully saturated rings. The Balaban J connectivity index is 1.96. The molecule has 6 heteroatoms. The highest BCUT2D eigenvalue weighted by Gasteiger charge is 2.08. The van der Waals surface area contributed by atoms with E-state index in [1.165, 1.54) is 0 Å². The second kappa shape index (κ2) is 5.96. The van der Waals surface area contributed by atoms with Crippen LogP contribution in [0.5, 0.6) is 0 Å². The van der Waals surface area contributed by atoms with Crippen LogP contribution in [0.4, 0.5) is 11.4 Å². The molecule has 2 aromatic rings. The molecule has 0 bridgehead atoms. The molecular weight excluding hydrogens is 276 g/mol. The quantitative estimate of drug-likeness (QED) is 0.851. The Morgan fingerprint density at radius 3 is 2.85 bits per heavy atom. The Kier molecular flexibility index (Phi) is 4.29. The number of amides is 1. The van der Waals surface area contributed by atoms with Crippen LogP contribution in [0.1, 0.15) is 17.7 Å². The second-order valence-electron chi connectivity index (χ2n) is 4.67. The van der Waals surface area contributed by atoms with Gasteiger partial charge in [0, 0.05) is 17.8 Å². The summed E-state index contributed by atoms with van der Waals surface area (Å²) >= 11 is 5.91. The molecule has 1 heterocycles. The molecule has 1 amide bonds. The van der Waals surface area contributed by atoms with Crippen LogP contribution in [0.2, 0.25) is 5.02 Å². The molecule has 0 radical (unpaired) electrons. The lowest BCUT2D eigenvalue weighted by Gasteiger charge is -2.10. The molecule has 0 spiro atoms. The second-order valence-corrected chi connectivity index (χ2v) is 5.08. The van der Waals surface area contributed by atoms with Gasteiger partial charge in [-0.3, -0.25) is 9.48 Å². The average Bonchev–Trinajstić information content (AvgIpc) is 2.72. The lowest BCUT2D eigenvalue weighted by atomic mass is 10.2. The number of nitrogens with zero attached hydrogens (tertiary/aromatic N) is 2. The van der Waals surface area contributed by atoms with E-state index in [9.17, 15) is 4.79 Å². The van der Waals surface area contributed by atoms with Crippen LogP contribution < -0.4 is 11.1 Å². The molecule has 0 aliphatic carbocycles. The fourth-order valence-corrected chi connectivity index (χ4v) is 1.98. The Bertz CT molecular complexity index is 636. The van der Waals surface area contributed by atoms with Crippen LogP contribution in [0.3, 0.4) is 0 Å². The minimum Gasteiger partial charge on any atom is -0.399 e. The predicted molar refractivity (Wildman–Crippen MR) is 80.8 cm³/mol. The maximum absolute atomic E-state index is 11.9. The molecular formula is C14H17ClN4O. The molecule has 0 atom stereocenters. The topological polar surface area (TPSA) is 72.9 Å². The molecule has 0 saturated carbocycles. The Hall–Kier alpha value is -2.01. The number of halogens is 1. The van der Waals surface area contributed by atoms with Crippen LogP contribution in [0, 0.1) is 13.8 Å². The van der Waals surface area contributed by atoms with Crippen molar-refractivity contribution in [1.29, 1.82) is 0 Å². The number of hydrogen-bond donors (Lipinski definition) is 2. The van der Waals surface area contributed by atoms with Crippen molar-refractivity contribution in [1.82, 2.24) is 9.78 Å². The van der Waals surface area contributed by atoms with Crippen LogP contribution in [-0.4, -0.2) is 15.7 Å². The number of anilines is 2. The smallest absolute Gasteiger partial charge is 0.226 e. The molecule has 0 aliphatic rings. The summed E-state index contributed by atoms with van der Waals surface area (Å²) in [7, 11) is 0. The summed E-state index contributed by atoms with van der Waals surface area (Å²) in [6.45, 7) is 4.29. The zero-order valence-corrected chi connectivity index (χ0v) is 12.2. The van der Waals surface area contributed by atoms with E-state index in [0.29, 0.717) is 23.7 Å². The SMILES string of the molecule is Cc1ccc(N)cc1NC(=O)CCn1ncc(Cl)c1C. The van der Waals surface area contributed by atoms with Gasteiger partial charge in [0.05, 0.1) is 23.5 Å². The first-order valence-electron chi connectivity index (χ1n) is 6.31. The van der Waals surface area contributed by atoms with E-state index in [4.69, 9.17) is 17.3 Å². The monoisotopic (exact) mass is 292 g/mol. The summed E-state index contributed by atoms with van der Waals surface area (Å²) in [4.78, 5) is 11.9. The van der Waals surface area contributed by atoms with Crippen molar-refractivity contribution >= 4 is 28.9 Å². The standard InChI is InChI=1S/C14H17ClN4O/c1-9-3-4-11(16)7-13(9)18-14(20)5-6-19-10(2)12(15)8-17-19/h3-4,7-8H,5-6,16H2,1-2H3,(H,18,20). The highest BCUT2D eigenvalue weighted by atomic mass is 35.5. The summed E-state index contributed by atoms with van der Waals surface area (Å²) in [5.74, 6) is -0.0790. The molecule has 1 aromatic heterocycles. The van der Waals surface area contributed by atoms with Gasteiger partial charge in [0.1, 0.15) is 0 Å². The summed E-state index contributed by atoms with van der Waals surface area (Å²) in [5.41, 5.74) is 8.92. The van der Waals surface area contributed by atoms with E-state index in [0.717, 1.165) is 16.9 Å². The van der Waals surface area contributed by atoms with Gasteiger partial charge in [-0.25, -0.2) is 0 Å². The molecule has 5 nitrogen and oxygen atoms in total. The van der Waals surface area contributed by atoms with Crippen molar-refractivity contribution in [3.05, 3.63) is 40.7 Å².